The number of H-pyrrole nitrogens is 1. The number of hydrogen-bond donors (Lipinski definition) is 2. The van der Waals surface area contributed by atoms with Crippen molar-refractivity contribution in [3.05, 3.63) is 47.9 Å². The summed E-state index contributed by atoms with van der Waals surface area (Å²) in [6.45, 7) is 2.95. The van der Waals surface area contributed by atoms with Gasteiger partial charge in [0, 0.05) is 30.9 Å². The SMILES string of the molecule is Nc1ncnc2[nH]c(C3CC3)cc12.c1ccc2c(c1)CC(N1CCC3OCCC31)CO2. The Morgan fingerprint density at radius 3 is 2.87 bits per heavy atom. The normalized spacial score (nSPS) is 27.3. The van der Waals surface area contributed by atoms with Gasteiger partial charge in [0.05, 0.1) is 11.5 Å². The topological polar surface area (TPSA) is 89.3 Å². The molecular formula is C24H29N5O2. The van der Waals surface area contributed by atoms with E-state index < -0.39 is 0 Å². The van der Waals surface area contributed by atoms with Crippen LogP contribution < -0.4 is 10.5 Å². The lowest BCUT2D eigenvalue weighted by molar-refractivity contribution is 0.0832. The van der Waals surface area contributed by atoms with Gasteiger partial charge in [0.25, 0.3) is 0 Å². The van der Waals surface area contributed by atoms with Gasteiger partial charge in [0.2, 0.25) is 0 Å². The summed E-state index contributed by atoms with van der Waals surface area (Å²) in [6, 6.07) is 11.7. The summed E-state index contributed by atoms with van der Waals surface area (Å²) < 4.78 is 11.7. The van der Waals surface area contributed by atoms with E-state index in [9.17, 15) is 0 Å². The maximum absolute atomic E-state index is 5.91. The minimum absolute atomic E-state index is 0.488. The molecule has 1 saturated carbocycles. The van der Waals surface area contributed by atoms with E-state index in [-0.39, 0.29) is 0 Å². The molecule has 7 rings (SSSR count). The lowest BCUT2D eigenvalue weighted by atomic mass is 10.0. The second kappa shape index (κ2) is 7.80. The van der Waals surface area contributed by atoms with Gasteiger partial charge in [0.1, 0.15) is 30.1 Å². The number of ether oxygens (including phenoxy) is 2. The first-order valence-corrected chi connectivity index (χ1v) is 11.4. The maximum Gasteiger partial charge on any atom is 0.143 e. The fourth-order valence-electron chi connectivity index (χ4n) is 5.31. The van der Waals surface area contributed by atoms with Crippen molar-refractivity contribution in [1.82, 2.24) is 19.9 Å². The van der Waals surface area contributed by atoms with E-state index in [2.05, 4.69) is 50.2 Å². The molecule has 0 radical (unpaired) electrons. The highest BCUT2D eigenvalue weighted by Gasteiger charge is 2.42. The summed E-state index contributed by atoms with van der Waals surface area (Å²) in [5.41, 5.74) is 9.18. The molecule has 7 heteroatoms. The zero-order valence-corrected chi connectivity index (χ0v) is 17.7. The molecule has 0 amide bonds. The van der Waals surface area contributed by atoms with Crippen LogP contribution >= 0.6 is 0 Å². The van der Waals surface area contributed by atoms with Crippen molar-refractivity contribution < 1.29 is 9.47 Å². The van der Waals surface area contributed by atoms with Crippen LogP contribution in [0.1, 0.15) is 42.9 Å². The number of benzene rings is 1. The quantitative estimate of drug-likeness (QED) is 0.663. The molecule has 31 heavy (non-hydrogen) atoms. The van der Waals surface area contributed by atoms with Crippen LogP contribution in [0.25, 0.3) is 11.0 Å². The summed E-state index contributed by atoms with van der Waals surface area (Å²) in [4.78, 5) is 14.0. The first-order chi connectivity index (χ1) is 15.3. The molecule has 3 aliphatic heterocycles. The standard InChI is InChI=1S/C15H19NO2.C9H10N4/c1-2-4-14-11(3-1)9-12(10-18-14)16-7-5-15-13(16)6-8-17-15;10-8-6-3-7(5-1-2-5)13-9(6)12-4-11-8/h1-4,12-13,15H,5-10H2;3-5H,1-2H2,(H3,10,11,12,13). The summed E-state index contributed by atoms with van der Waals surface area (Å²) in [5, 5.41) is 0.949. The van der Waals surface area contributed by atoms with Gasteiger partial charge in [-0.15, -0.1) is 0 Å². The molecule has 4 aliphatic rings. The minimum atomic E-state index is 0.488. The third-order valence-corrected chi connectivity index (χ3v) is 7.10. The number of hydrogen-bond acceptors (Lipinski definition) is 6. The minimum Gasteiger partial charge on any atom is -0.492 e. The Bertz CT molecular complexity index is 1080. The molecule has 3 N–H and O–H groups in total. The van der Waals surface area contributed by atoms with Crippen molar-refractivity contribution in [2.45, 2.75) is 56.2 Å². The van der Waals surface area contributed by atoms with Crippen LogP contribution in [-0.2, 0) is 11.2 Å². The van der Waals surface area contributed by atoms with Gasteiger partial charge in [-0.3, -0.25) is 4.90 Å². The van der Waals surface area contributed by atoms with Crippen LogP contribution in [0.15, 0.2) is 36.7 Å². The van der Waals surface area contributed by atoms with Gasteiger partial charge in [-0.1, -0.05) is 18.2 Å². The number of anilines is 1. The van der Waals surface area contributed by atoms with Gasteiger partial charge >= 0.3 is 0 Å². The Hall–Kier alpha value is -2.64. The second-order valence-corrected chi connectivity index (χ2v) is 9.09. The number of aromatic nitrogens is 3. The van der Waals surface area contributed by atoms with E-state index >= 15 is 0 Å². The molecule has 7 nitrogen and oxygen atoms in total. The Kier molecular flexibility index (Phi) is 4.80. The monoisotopic (exact) mass is 419 g/mol. The summed E-state index contributed by atoms with van der Waals surface area (Å²) in [6.07, 6.45) is 8.05. The summed E-state index contributed by atoms with van der Waals surface area (Å²) >= 11 is 0. The molecule has 1 aromatic carbocycles. The molecule has 2 saturated heterocycles. The number of nitrogens with zero attached hydrogens (tertiary/aromatic N) is 3. The van der Waals surface area contributed by atoms with Crippen molar-refractivity contribution in [1.29, 1.82) is 0 Å². The van der Waals surface area contributed by atoms with E-state index in [0.717, 1.165) is 36.4 Å². The van der Waals surface area contributed by atoms with Crippen molar-refractivity contribution in [3.8, 4) is 5.75 Å². The molecule has 5 heterocycles. The summed E-state index contributed by atoms with van der Waals surface area (Å²) in [5.74, 6) is 2.34. The smallest absolute Gasteiger partial charge is 0.143 e. The molecule has 3 fully saturated rings. The van der Waals surface area contributed by atoms with E-state index in [1.54, 1.807) is 0 Å². The van der Waals surface area contributed by atoms with Crippen molar-refractivity contribution in [3.63, 3.8) is 0 Å². The van der Waals surface area contributed by atoms with E-state index in [1.165, 1.54) is 49.8 Å². The van der Waals surface area contributed by atoms with Crippen LogP contribution in [0.4, 0.5) is 5.82 Å². The van der Waals surface area contributed by atoms with Crippen LogP contribution in [-0.4, -0.2) is 57.8 Å². The number of fused-ring (bicyclic) bond motifs is 3. The van der Waals surface area contributed by atoms with Gasteiger partial charge in [0.15, 0.2) is 0 Å². The molecule has 2 aromatic heterocycles. The Morgan fingerprint density at radius 2 is 2.00 bits per heavy atom. The zero-order chi connectivity index (χ0) is 20.8. The van der Waals surface area contributed by atoms with Crippen LogP contribution in [0.2, 0.25) is 0 Å². The van der Waals surface area contributed by atoms with Crippen molar-refractivity contribution >= 4 is 16.9 Å². The average molecular weight is 420 g/mol. The molecule has 3 aromatic rings. The van der Waals surface area contributed by atoms with E-state index in [4.69, 9.17) is 15.2 Å². The highest BCUT2D eigenvalue weighted by atomic mass is 16.5. The highest BCUT2D eigenvalue weighted by molar-refractivity contribution is 5.86. The summed E-state index contributed by atoms with van der Waals surface area (Å²) in [7, 11) is 0. The molecule has 162 valence electrons. The van der Waals surface area contributed by atoms with Gasteiger partial charge in [-0.25, -0.2) is 9.97 Å². The van der Waals surface area contributed by atoms with Crippen molar-refractivity contribution in [2.24, 2.45) is 0 Å². The second-order valence-electron chi connectivity index (χ2n) is 9.09. The number of aromatic amines is 1. The lowest BCUT2D eigenvalue weighted by Crippen LogP contribution is -2.46. The fraction of sp³-hybridized carbons (Fsp3) is 0.500. The predicted octanol–water partition coefficient (Wildman–Crippen LogP) is 3.27. The number of likely N-dealkylation sites (tertiary alicyclic amines) is 1. The average Bonchev–Trinajstić information content (AvgIpc) is 3.20. The van der Waals surface area contributed by atoms with Crippen LogP contribution in [0.3, 0.4) is 0 Å². The Labute approximate surface area is 182 Å². The zero-order valence-electron chi connectivity index (χ0n) is 17.7. The number of nitrogen functional groups attached to an aromatic ring is 1. The number of nitrogens with one attached hydrogen (secondary N) is 1. The largest absolute Gasteiger partial charge is 0.492 e. The van der Waals surface area contributed by atoms with Gasteiger partial charge in [-0.2, -0.15) is 0 Å². The predicted molar refractivity (Wildman–Crippen MR) is 119 cm³/mol. The maximum atomic E-state index is 5.91. The van der Waals surface area contributed by atoms with Crippen molar-refractivity contribution in [2.75, 3.05) is 25.5 Å². The Morgan fingerprint density at radius 1 is 1.10 bits per heavy atom. The third kappa shape index (κ3) is 3.66. The van der Waals surface area contributed by atoms with E-state index in [1.807, 2.05) is 0 Å². The molecule has 3 unspecified atom stereocenters. The Balaban J connectivity index is 0.000000126. The first kappa shape index (κ1) is 19.1. The van der Waals surface area contributed by atoms with Crippen LogP contribution in [0.5, 0.6) is 5.75 Å². The fourth-order valence-corrected chi connectivity index (χ4v) is 5.31. The molecule has 0 spiro atoms. The molecule has 3 atom stereocenters. The number of para-hydroxylation sites is 1. The number of nitrogens with two attached hydrogens (primary N) is 1. The third-order valence-electron chi connectivity index (χ3n) is 7.10. The number of rotatable bonds is 2. The first-order valence-electron chi connectivity index (χ1n) is 11.4. The highest BCUT2D eigenvalue weighted by Crippen LogP contribution is 2.40. The van der Waals surface area contributed by atoms with Gasteiger partial charge in [-0.05, 0) is 55.7 Å². The van der Waals surface area contributed by atoms with Gasteiger partial charge < -0.3 is 20.2 Å². The lowest BCUT2D eigenvalue weighted by Gasteiger charge is -2.35. The molecule has 0 bridgehead atoms. The molecular weight excluding hydrogens is 390 g/mol. The van der Waals surface area contributed by atoms with E-state index in [0.29, 0.717) is 29.9 Å². The molecule has 1 aliphatic carbocycles. The van der Waals surface area contributed by atoms with Crippen LogP contribution in [0, 0.1) is 0 Å².